The van der Waals surface area contributed by atoms with Crippen molar-refractivity contribution >= 4 is 27.5 Å². The van der Waals surface area contributed by atoms with Crippen molar-refractivity contribution in [2.75, 3.05) is 14.2 Å². The van der Waals surface area contributed by atoms with Gasteiger partial charge in [0.15, 0.2) is 5.01 Å². The molecule has 0 fully saturated rings. The molecule has 0 amide bonds. The number of aromatic nitrogens is 1. The summed E-state index contributed by atoms with van der Waals surface area (Å²) in [5, 5.41) is 8.09. The molecule has 0 aliphatic rings. The topological polar surface area (TPSA) is 55.2 Å². The predicted octanol–water partition coefficient (Wildman–Crippen LogP) is 2.28. The summed E-state index contributed by atoms with van der Waals surface area (Å²) in [6.07, 6.45) is 0. The van der Waals surface area contributed by atoms with E-state index in [0.717, 1.165) is 16.0 Å². The number of nitrogens with zero attached hydrogens (tertiary/aromatic N) is 1. The maximum Gasteiger partial charge on any atom is 0.242 e. The minimum atomic E-state index is 0.0927. The molecule has 0 saturated heterocycles. The molecule has 0 unspecified atom stereocenters. The molecule has 1 aromatic heterocycles. The second-order valence-electron chi connectivity index (χ2n) is 2.89. The average Bonchev–Trinajstić information content (AvgIpc) is 2.70. The summed E-state index contributed by atoms with van der Waals surface area (Å²) >= 11 is 1.42. The van der Waals surface area contributed by atoms with Crippen LogP contribution in [0.5, 0.6) is 5.75 Å². The molecular formula is C10H10N2O2S. The van der Waals surface area contributed by atoms with Crippen molar-refractivity contribution in [1.82, 2.24) is 4.98 Å². The van der Waals surface area contributed by atoms with Gasteiger partial charge >= 0.3 is 0 Å². The van der Waals surface area contributed by atoms with Crippen LogP contribution in [-0.4, -0.2) is 25.1 Å². The second-order valence-corrected chi connectivity index (χ2v) is 3.92. The number of nitrogens with one attached hydrogen (secondary N) is 1. The van der Waals surface area contributed by atoms with E-state index in [1.165, 1.54) is 18.4 Å². The Morgan fingerprint density at radius 2 is 2.20 bits per heavy atom. The van der Waals surface area contributed by atoms with Crippen molar-refractivity contribution < 1.29 is 9.47 Å². The molecule has 0 atom stereocenters. The Bertz CT molecular complexity index is 507. The molecule has 0 aliphatic carbocycles. The lowest BCUT2D eigenvalue weighted by atomic mass is 10.3. The number of rotatable bonds is 2. The Morgan fingerprint density at radius 3 is 2.87 bits per heavy atom. The molecule has 0 bridgehead atoms. The molecule has 0 aliphatic heterocycles. The normalized spacial score (nSPS) is 10.3. The first kappa shape index (κ1) is 9.92. The highest BCUT2D eigenvalue weighted by atomic mass is 32.1. The van der Waals surface area contributed by atoms with Crippen molar-refractivity contribution in [2.45, 2.75) is 0 Å². The highest BCUT2D eigenvalue weighted by Gasteiger charge is 2.09. The third-order valence-electron chi connectivity index (χ3n) is 1.99. The van der Waals surface area contributed by atoms with Gasteiger partial charge in [-0.15, -0.1) is 11.3 Å². The molecule has 1 N–H and O–H groups in total. The quantitative estimate of drug-likeness (QED) is 0.626. The van der Waals surface area contributed by atoms with Crippen molar-refractivity contribution in [1.29, 1.82) is 5.41 Å². The molecule has 0 radical (unpaired) electrons. The molecule has 4 nitrogen and oxygen atoms in total. The van der Waals surface area contributed by atoms with Gasteiger partial charge in [-0.2, -0.15) is 0 Å². The molecule has 1 aromatic carbocycles. The van der Waals surface area contributed by atoms with Crippen LogP contribution in [0, 0.1) is 5.41 Å². The van der Waals surface area contributed by atoms with E-state index in [0.29, 0.717) is 5.01 Å². The number of benzene rings is 1. The lowest BCUT2D eigenvalue weighted by Gasteiger charge is -1.96. The van der Waals surface area contributed by atoms with Gasteiger partial charge in [-0.25, -0.2) is 4.98 Å². The minimum absolute atomic E-state index is 0.0927. The van der Waals surface area contributed by atoms with Gasteiger partial charge in [0.1, 0.15) is 5.75 Å². The molecule has 78 valence electrons. The molecule has 2 aromatic rings. The van der Waals surface area contributed by atoms with Crippen LogP contribution < -0.4 is 4.74 Å². The zero-order valence-electron chi connectivity index (χ0n) is 8.40. The van der Waals surface area contributed by atoms with Gasteiger partial charge in [0.25, 0.3) is 0 Å². The highest BCUT2D eigenvalue weighted by Crippen LogP contribution is 2.26. The van der Waals surface area contributed by atoms with E-state index in [4.69, 9.17) is 14.9 Å². The second kappa shape index (κ2) is 3.86. The zero-order valence-corrected chi connectivity index (χ0v) is 9.22. The molecule has 0 spiro atoms. The summed E-state index contributed by atoms with van der Waals surface area (Å²) in [7, 11) is 3.09. The maximum atomic E-state index is 7.50. The molecular weight excluding hydrogens is 212 g/mol. The summed E-state index contributed by atoms with van der Waals surface area (Å²) < 4.78 is 10.9. The summed E-state index contributed by atoms with van der Waals surface area (Å²) in [5.74, 6) is 0.886. The monoisotopic (exact) mass is 222 g/mol. The van der Waals surface area contributed by atoms with Crippen LogP contribution in [0.1, 0.15) is 5.01 Å². The first-order valence-corrected chi connectivity index (χ1v) is 5.13. The average molecular weight is 222 g/mol. The standard InChI is InChI=1S/C10H10N2O2S/c1-13-6-3-4-7-8(5-6)15-10(12-7)9(11)14-2/h3-5,11H,1-2H3. The third kappa shape index (κ3) is 1.78. The van der Waals surface area contributed by atoms with E-state index in [1.807, 2.05) is 18.2 Å². The number of fused-ring (bicyclic) bond motifs is 1. The maximum absolute atomic E-state index is 7.50. The molecule has 15 heavy (non-hydrogen) atoms. The smallest absolute Gasteiger partial charge is 0.242 e. The van der Waals surface area contributed by atoms with E-state index in [2.05, 4.69) is 4.98 Å². The van der Waals surface area contributed by atoms with Gasteiger partial charge in [0.2, 0.25) is 5.90 Å². The number of methoxy groups -OCH3 is 2. The highest BCUT2D eigenvalue weighted by molar-refractivity contribution is 7.20. The summed E-state index contributed by atoms with van der Waals surface area (Å²) in [6.45, 7) is 0. The Labute approximate surface area is 91.0 Å². The summed E-state index contributed by atoms with van der Waals surface area (Å²) in [5.41, 5.74) is 0.859. The van der Waals surface area contributed by atoms with Crippen LogP contribution in [0.2, 0.25) is 0 Å². The lowest BCUT2D eigenvalue weighted by molar-refractivity contribution is 0.401. The van der Waals surface area contributed by atoms with E-state index in [9.17, 15) is 0 Å². The third-order valence-corrected chi connectivity index (χ3v) is 3.01. The predicted molar refractivity (Wildman–Crippen MR) is 60.0 cm³/mol. The fourth-order valence-electron chi connectivity index (χ4n) is 1.22. The summed E-state index contributed by atoms with van der Waals surface area (Å²) in [4.78, 5) is 4.27. The minimum Gasteiger partial charge on any atom is -0.497 e. The Morgan fingerprint density at radius 1 is 1.40 bits per heavy atom. The summed E-state index contributed by atoms with van der Waals surface area (Å²) in [6, 6.07) is 5.62. The van der Waals surface area contributed by atoms with Gasteiger partial charge in [-0.1, -0.05) is 0 Å². The number of hydrogen-bond donors (Lipinski definition) is 1. The molecule has 1 heterocycles. The Kier molecular flexibility index (Phi) is 2.55. The van der Waals surface area contributed by atoms with E-state index < -0.39 is 0 Å². The zero-order chi connectivity index (χ0) is 10.8. The Hall–Kier alpha value is -1.62. The SMILES string of the molecule is COC(=N)c1nc2ccc(OC)cc2s1. The molecule has 2 rings (SSSR count). The molecule has 0 saturated carbocycles. The van der Waals surface area contributed by atoms with Crippen LogP contribution in [0.15, 0.2) is 18.2 Å². The van der Waals surface area contributed by atoms with Gasteiger partial charge in [-0.3, -0.25) is 5.41 Å². The van der Waals surface area contributed by atoms with Crippen molar-refractivity contribution in [3.8, 4) is 5.75 Å². The fourth-order valence-corrected chi connectivity index (χ4v) is 2.14. The first-order valence-electron chi connectivity index (χ1n) is 4.32. The van der Waals surface area contributed by atoms with Crippen molar-refractivity contribution in [2.24, 2.45) is 0 Å². The van der Waals surface area contributed by atoms with Gasteiger partial charge in [-0.05, 0) is 18.2 Å². The largest absolute Gasteiger partial charge is 0.497 e. The lowest BCUT2D eigenvalue weighted by Crippen LogP contribution is -1.99. The van der Waals surface area contributed by atoms with Gasteiger partial charge in [0, 0.05) is 0 Å². The van der Waals surface area contributed by atoms with Crippen LogP contribution in [0.3, 0.4) is 0 Å². The number of ether oxygens (including phenoxy) is 2. The fraction of sp³-hybridized carbons (Fsp3) is 0.200. The van der Waals surface area contributed by atoms with Crippen LogP contribution in [-0.2, 0) is 4.74 Å². The van der Waals surface area contributed by atoms with Crippen molar-refractivity contribution in [3.63, 3.8) is 0 Å². The Balaban J connectivity index is 2.51. The van der Waals surface area contributed by atoms with E-state index in [1.54, 1.807) is 7.11 Å². The van der Waals surface area contributed by atoms with Crippen LogP contribution >= 0.6 is 11.3 Å². The first-order chi connectivity index (χ1) is 7.24. The number of thiazole rings is 1. The van der Waals surface area contributed by atoms with Crippen LogP contribution in [0.25, 0.3) is 10.2 Å². The van der Waals surface area contributed by atoms with Gasteiger partial charge in [0.05, 0.1) is 24.4 Å². The molecule has 5 heteroatoms. The van der Waals surface area contributed by atoms with Gasteiger partial charge < -0.3 is 9.47 Å². The van der Waals surface area contributed by atoms with Crippen molar-refractivity contribution in [3.05, 3.63) is 23.2 Å². The number of hydrogen-bond acceptors (Lipinski definition) is 5. The van der Waals surface area contributed by atoms with E-state index in [-0.39, 0.29) is 5.90 Å². The van der Waals surface area contributed by atoms with E-state index >= 15 is 0 Å². The van der Waals surface area contributed by atoms with Crippen LogP contribution in [0.4, 0.5) is 0 Å².